The fourth-order valence-corrected chi connectivity index (χ4v) is 2.35. The largest absolute Gasteiger partial charge is 0.480 e. The normalized spacial score (nSPS) is 12.1. The van der Waals surface area contributed by atoms with Crippen LogP contribution in [0, 0.1) is 0 Å². The average molecular weight is 239 g/mol. The second kappa shape index (κ2) is 6.68. The van der Waals surface area contributed by atoms with Crippen LogP contribution < -0.4 is 5.73 Å². The molecule has 0 saturated carbocycles. The van der Waals surface area contributed by atoms with E-state index in [1.165, 1.54) is 0 Å². The van der Waals surface area contributed by atoms with Gasteiger partial charge in [-0.1, -0.05) is 21.6 Å². The first-order valence-corrected chi connectivity index (χ1v) is 5.93. The minimum Gasteiger partial charge on any atom is -0.480 e. The van der Waals surface area contributed by atoms with Crippen molar-refractivity contribution in [3.8, 4) is 0 Å². The number of carboxylic acids is 2. The van der Waals surface area contributed by atoms with Crippen LogP contribution in [0.4, 0.5) is 0 Å². The third-order valence-electron chi connectivity index (χ3n) is 1.08. The van der Waals surface area contributed by atoms with Gasteiger partial charge in [-0.15, -0.1) is 0 Å². The smallest absolute Gasteiger partial charge is 0.373 e. The molecule has 14 heavy (non-hydrogen) atoms. The molecule has 0 aromatic rings. The SMILES string of the molecule is N[C@@H](CSSCC(=O)C(=O)O)C(=O)O. The Hall–Kier alpha value is -0.730. The molecule has 8 heteroatoms. The standard InChI is InChI=1S/C6H9NO5S2/c7-3(5(9)10)1-13-14-2-4(8)6(11)12/h3H,1-2,7H2,(H,9,10)(H,11,12)/t3-/m0/s1. The number of Topliss-reactive ketones (excluding diaryl/α,β-unsaturated/α-hetero) is 1. The van der Waals surface area contributed by atoms with Crippen molar-refractivity contribution in [3.63, 3.8) is 0 Å². The first kappa shape index (κ1) is 13.3. The highest BCUT2D eigenvalue weighted by Gasteiger charge is 2.14. The van der Waals surface area contributed by atoms with Gasteiger partial charge in [0.15, 0.2) is 0 Å². The van der Waals surface area contributed by atoms with Gasteiger partial charge in [0, 0.05) is 5.75 Å². The lowest BCUT2D eigenvalue weighted by molar-refractivity contribution is -0.147. The van der Waals surface area contributed by atoms with E-state index in [9.17, 15) is 14.4 Å². The predicted molar refractivity (Wildman–Crippen MR) is 53.2 cm³/mol. The van der Waals surface area contributed by atoms with Gasteiger partial charge < -0.3 is 15.9 Å². The van der Waals surface area contributed by atoms with Crippen LogP contribution in [0.25, 0.3) is 0 Å². The maximum atomic E-state index is 10.5. The first-order valence-electron chi connectivity index (χ1n) is 3.44. The maximum absolute atomic E-state index is 10.5. The Balaban J connectivity index is 3.52. The first-order chi connectivity index (χ1) is 6.45. The number of nitrogens with two attached hydrogens (primary N) is 1. The Morgan fingerprint density at radius 1 is 1.21 bits per heavy atom. The molecule has 1 atom stereocenters. The highest BCUT2D eigenvalue weighted by molar-refractivity contribution is 8.76. The molecular weight excluding hydrogens is 230 g/mol. The van der Waals surface area contributed by atoms with Crippen molar-refractivity contribution >= 4 is 39.3 Å². The molecule has 0 heterocycles. The third kappa shape index (κ3) is 5.84. The molecule has 0 unspecified atom stereocenters. The number of carbonyl (C=O) groups excluding carboxylic acids is 1. The van der Waals surface area contributed by atoms with Crippen LogP contribution in [0.5, 0.6) is 0 Å². The van der Waals surface area contributed by atoms with Gasteiger partial charge in [0.25, 0.3) is 5.78 Å². The molecule has 0 aromatic carbocycles. The fourth-order valence-electron chi connectivity index (χ4n) is 0.350. The van der Waals surface area contributed by atoms with Crippen molar-refractivity contribution < 1.29 is 24.6 Å². The molecule has 0 aliphatic heterocycles. The van der Waals surface area contributed by atoms with E-state index in [2.05, 4.69) is 0 Å². The quantitative estimate of drug-likeness (QED) is 0.307. The zero-order valence-electron chi connectivity index (χ0n) is 7.00. The fraction of sp³-hybridized carbons (Fsp3) is 0.500. The second-order valence-electron chi connectivity index (χ2n) is 2.22. The molecule has 0 radical (unpaired) electrons. The molecule has 0 amide bonds. The highest BCUT2D eigenvalue weighted by Crippen LogP contribution is 2.21. The molecule has 0 aliphatic rings. The number of rotatable bonds is 7. The van der Waals surface area contributed by atoms with Crippen molar-refractivity contribution in [2.75, 3.05) is 11.5 Å². The van der Waals surface area contributed by atoms with E-state index < -0.39 is 23.8 Å². The number of aliphatic carboxylic acids is 2. The molecule has 0 saturated heterocycles. The Morgan fingerprint density at radius 2 is 1.79 bits per heavy atom. The number of hydrogen-bond donors (Lipinski definition) is 3. The van der Waals surface area contributed by atoms with Gasteiger partial charge in [-0.2, -0.15) is 0 Å². The van der Waals surface area contributed by atoms with Crippen molar-refractivity contribution in [1.82, 2.24) is 0 Å². The summed E-state index contributed by atoms with van der Waals surface area (Å²) in [5.74, 6) is -3.58. The van der Waals surface area contributed by atoms with E-state index in [1.807, 2.05) is 0 Å². The molecule has 4 N–H and O–H groups in total. The summed E-state index contributed by atoms with van der Waals surface area (Å²) in [7, 11) is 2.04. The summed E-state index contributed by atoms with van der Waals surface area (Å²) in [6.45, 7) is 0. The minimum atomic E-state index is -1.49. The molecular formula is C6H9NO5S2. The lowest BCUT2D eigenvalue weighted by Crippen LogP contribution is -2.32. The van der Waals surface area contributed by atoms with E-state index >= 15 is 0 Å². The molecule has 0 bridgehead atoms. The Labute approximate surface area is 87.6 Å². The Kier molecular flexibility index (Phi) is 6.34. The van der Waals surface area contributed by atoms with E-state index in [-0.39, 0.29) is 11.5 Å². The number of carbonyl (C=O) groups is 3. The van der Waals surface area contributed by atoms with Crippen LogP contribution in [0.3, 0.4) is 0 Å². The van der Waals surface area contributed by atoms with Crippen LogP contribution in [-0.2, 0) is 14.4 Å². The molecule has 0 aliphatic carbocycles. The second-order valence-corrected chi connectivity index (χ2v) is 4.73. The Morgan fingerprint density at radius 3 is 2.21 bits per heavy atom. The summed E-state index contributed by atoms with van der Waals surface area (Å²) < 4.78 is 0. The Bertz CT molecular complexity index is 244. The lowest BCUT2D eigenvalue weighted by atomic mass is 10.4. The molecule has 80 valence electrons. The molecule has 0 rings (SSSR count). The third-order valence-corrected chi connectivity index (χ3v) is 3.38. The summed E-state index contributed by atoms with van der Waals surface area (Å²) in [6, 6.07) is -0.993. The summed E-state index contributed by atoms with van der Waals surface area (Å²) >= 11 is 0. The van der Waals surface area contributed by atoms with Gasteiger partial charge in [-0.05, 0) is 0 Å². The summed E-state index contributed by atoms with van der Waals surface area (Å²) in [4.78, 5) is 30.8. The van der Waals surface area contributed by atoms with Crippen LogP contribution in [-0.4, -0.2) is 45.5 Å². The number of carboxylic acid groups (broad SMARTS) is 2. The summed E-state index contributed by atoms with van der Waals surface area (Å²) in [6.07, 6.45) is 0. The van der Waals surface area contributed by atoms with Crippen LogP contribution >= 0.6 is 21.6 Å². The number of ketones is 1. The van der Waals surface area contributed by atoms with E-state index in [4.69, 9.17) is 15.9 Å². The maximum Gasteiger partial charge on any atom is 0.373 e. The van der Waals surface area contributed by atoms with Gasteiger partial charge in [-0.25, -0.2) is 4.79 Å². The van der Waals surface area contributed by atoms with Crippen molar-refractivity contribution in [2.45, 2.75) is 6.04 Å². The zero-order chi connectivity index (χ0) is 11.1. The predicted octanol–water partition coefficient (Wildman–Crippen LogP) is -0.567. The zero-order valence-corrected chi connectivity index (χ0v) is 8.64. The molecule has 0 fully saturated rings. The van der Waals surface area contributed by atoms with Crippen LogP contribution in [0.2, 0.25) is 0 Å². The lowest BCUT2D eigenvalue weighted by Gasteiger charge is -2.03. The van der Waals surface area contributed by atoms with Gasteiger partial charge >= 0.3 is 11.9 Å². The molecule has 0 spiro atoms. The van der Waals surface area contributed by atoms with Crippen molar-refractivity contribution in [1.29, 1.82) is 0 Å². The number of hydrogen-bond acceptors (Lipinski definition) is 6. The van der Waals surface area contributed by atoms with Crippen molar-refractivity contribution in [3.05, 3.63) is 0 Å². The molecule has 6 nitrogen and oxygen atoms in total. The topological polar surface area (TPSA) is 118 Å². The summed E-state index contributed by atoms with van der Waals surface area (Å²) in [5, 5.41) is 16.6. The average Bonchev–Trinajstić information content (AvgIpc) is 2.11. The van der Waals surface area contributed by atoms with Crippen LogP contribution in [0.15, 0.2) is 0 Å². The van der Waals surface area contributed by atoms with Gasteiger partial charge in [0.05, 0.1) is 5.75 Å². The van der Waals surface area contributed by atoms with E-state index in [0.717, 1.165) is 21.6 Å². The minimum absolute atomic E-state index is 0.132. The van der Waals surface area contributed by atoms with E-state index in [1.54, 1.807) is 0 Å². The van der Waals surface area contributed by atoms with E-state index in [0.29, 0.717) is 0 Å². The monoisotopic (exact) mass is 239 g/mol. The van der Waals surface area contributed by atoms with Crippen molar-refractivity contribution in [2.24, 2.45) is 5.73 Å². The van der Waals surface area contributed by atoms with Gasteiger partial charge in [-0.3, -0.25) is 9.59 Å². The van der Waals surface area contributed by atoms with Gasteiger partial charge in [0.2, 0.25) is 0 Å². The molecule has 0 aromatic heterocycles. The van der Waals surface area contributed by atoms with Crippen LogP contribution in [0.1, 0.15) is 0 Å². The summed E-state index contributed by atoms with van der Waals surface area (Å²) in [5.41, 5.74) is 5.16. The van der Waals surface area contributed by atoms with Gasteiger partial charge in [0.1, 0.15) is 6.04 Å². The highest BCUT2D eigenvalue weighted by atomic mass is 33.1.